The second kappa shape index (κ2) is 7.64. The van der Waals surface area contributed by atoms with Crippen molar-refractivity contribution in [2.75, 3.05) is 12.4 Å². The molecule has 0 radical (unpaired) electrons. The molecular weight excluding hydrogens is 305 g/mol. The van der Waals surface area contributed by atoms with E-state index in [1.807, 2.05) is 26.0 Å². The van der Waals surface area contributed by atoms with Gasteiger partial charge >= 0.3 is 0 Å². The Hall–Kier alpha value is -2.82. The fourth-order valence-electron chi connectivity index (χ4n) is 2.53. The Morgan fingerprint density at radius 1 is 1.42 bits per heavy atom. The lowest BCUT2D eigenvalue weighted by Gasteiger charge is -2.17. The van der Waals surface area contributed by atoms with Gasteiger partial charge in [-0.1, -0.05) is 12.7 Å². The summed E-state index contributed by atoms with van der Waals surface area (Å²) in [6.45, 7) is 8.06. The number of hydrogen-bond acceptors (Lipinski definition) is 4. The molecule has 0 aliphatic carbocycles. The van der Waals surface area contributed by atoms with Gasteiger partial charge in [-0.25, -0.2) is 4.39 Å². The van der Waals surface area contributed by atoms with Gasteiger partial charge in [-0.05, 0) is 43.7 Å². The van der Waals surface area contributed by atoms with Crippen LogP contribution in [0.4, 0.5) is 10.1 Å². The molecule has 1 aromatic heterocycles. The number of aromatic nitrogens is 1. The predicted octanol–water partition coefficient (Wildman–Crippen LogP) is 4.03. The molecule has 1 aromatic carbocycles. The number of anilines is 1. The summed E-state index contributed by atoms with van der Waals surface area (Å²) in [5.41, 5.74) is 10.4. The third kappa shape index (κ3) is 3.74. The molecule has 0 aliphatic heterocycles. The van der Waals surface area contributed by atoms with Gasteiger partial charge in [-0.15, -0.1) is 0 Å². The van der Waals surface area contributed by atoms with Crippen LogP contribution in [0.1, 0.15) is 23.7 Å². The Balaban J connectivity index is 2.37. The molecule has 2 aromatic rings. The van der Waals surface area contributed by atoms with Crippen LogP contribution in [-0.4, -0.2) is 12.1 Å². The molecule has 1 heterocycles. The molecule has 24 heavy (non-hydrogen) atoms. The molecule has 126 valence electrons. The van der Waals surface area contributed by atoms with Crippen LogP contribution in [0.3, 0.4) is 0 Å². The lowest BCUT2D eigenvalue weighted by molar-refractivity contribution is 0.409. The van der Waals surface area contributed by atoms with Gasteiger partial charge in [-0.3, -0.25) is 4.98 Å². The van der Waals surface area contributed by atoms with E-state index in [9.17, 15) is 4.39 Å². The van der Waals surface area contributed by atoms with Crippen LogP contribution < -0.4 is 15.8 Å². The van der Waals surface area contributed by atoms with E-state index in [1.165, 1.54) is 12.1 Å². The Bertz CT molecular complexity index is 784. The smallest absolute Gasteiger partial charge is 0.124 e. The number of allylic oxidation sites excluding steroid dienone is 2. The van der Waals surface area contributed by atoms with E-state index in [2.05, 4.69) is 16.9 Å². The van der Waals surface area contributed by atoms with Crippen LogP contribution in [0.15, 0.2) is 48.8 Å². The first-order chi connectivity index (χ1) is 11.5. The molecule has 4 nitrogen and oxygen atoms in total. The van der Waals surface area contributed by atoms with E-state index in [0.29, 0.717) is 18.0 Å². The lowest BCUT2D eigenvalue weighted by Crippen LogP contribution is -2.09. The fourth-order valence-corrected chi connectivity index (χ4v) is 2.53. The average Bonchev–Trinajstić information content (AvgIpc) is 2.54. The topological polar surface area (TPSA) is 60.2 Å². The fraction of sp³-hybridized carbons (Fsp3) is 0.211. The van der Waals surface area contributed by atoms with Gasteiger partial charge in [-0.2, -0.15) is 0 Å². The number of methoxy groups -OCH3 is 1. The third-order valence-electron chi connectivity index (χ3n) is 3.75. The van der Waals surface area contributed by atoms with Crippen molar-refractivity contribution >= 4 is 11.3 Å². The van der Waals surface area contributed by atoms with Gasteiger partial charge in [0.1, 0.15) is 11.6 Å². The molecule has 0 saturated carbocycles. The molecule has 0 bridgehead atoms. The number of aryl methyl sites for hydroxylation is 1. The van der Waals surface area contributed by atoms with Gasteiger partial charge in [0.05, 0.1) is 18.5 Å². The second-order valence-corrected chi connectivity index (χ2v) is 5.39. The maximum absolute atomic E-state index is 13.5. The van der Waals surface area contributed by atoms with Gasteiger partial charge in [0.15, 0.2) is 0 Å². The van der Waals surface area contributed by atoms with E-state index in [1.54, 1.807) is 19.4 Å². The zero-order valence-electron chi connectivity index (χ0n) is 14.2. The van der Waals surface area contributed by atoms with Crippen molar-refractivity contribution in [2.24, 2.45) is 5.73 Å². The average molecular weight is 327 g/mol. The summed E-state index contributed by atoms with van der Waals surface area (Å²) in [5.74, 6) is 0.321. The number of nitrogens with two attached hydrogens (primary N) is 1. The number of halogens is 1. The van der Waals surface area contributed by atoms with Gasteiger partial charge < -0.3 is 15.8 Å². The maximum Gasteiger partial charge on any atom is 0.124 e. The van der Waals surface area contributed by atoms with Crippen molar-refractivity contribution in [1.29, 1.82) is 0 Å². The molecule has 5 heteroatoms. The molecular formula is C19H22FN3O. The quantitative estimate of drug-likeness (QED) is 0.787. The summed E-state index contributed by atoms with van der Waals surface area (Å²) in [6.07, 6.45) is 3.60. The Kier molecular flexibility index (Phi) is 5.58. The molecule has 0 unspecified atom stereocenters. The van der Waals surface area contributed by atoms with Gasteiger partial charge in [0.25, 0.3) is 0 Å². The normalized spacial score (nSPS) is 11.2. The molecule has 0 amide bonds. The Morgan fingerprint density at radius 3 is 2.79 bits per heavy atom. The first-order valence-corrected chi connectivity index (χ1v) is 7.61. The monoisotopic (exact) mass is 327 g/mol. The third-order valence-corrected chi connectivity index (χ3v) is 3.75. The number of rotatable bonds is 6. The standard InChI is InChI=1S/C19H22FN3O/c1-5-16(13(3)21)19-18(12(2)8-9-22-19)23-11-14-10-15(20)6-7-17(14)24-4/h5-10,23H,3,11,21H2,1-2,4H3. The van der Waals surface area contributed by atoms with Crippen LogP contribution in [0.25, 0.3) is 5.57 Å². The highest BCUT2D eigenvalue weighted by Crippen LogP contribution is 2.29. The van der Waals surface area contributed by atoms with Crippen LogP contribution in [0.2, 0.25) is 0 Å². The van der Waals surface area contributed by atoms with Crippen molar-refractivity contribution in [1.82, 2.24) is 4.98 Å². The van der Waals surface area contributed by atoms with Crippen LogP contribution >= 0.6 is 0 Å². The summed E-state index contributed by atoms with van der Waals surface area (Å²) in [5, 5.41) is 3.32. The largest absolute Gasteiger partial charge is 0.496 e. The minimum atomic E-state index is -0.305. The molecule has 0 saturated heterocycles. The number of hydrogen-bond donors (Lipinski definition) is 2. The number of benzene rings is 1. The minimum absolute atomic E-state index is 0.305. The van der Waals surface area contributed by atoms with Gasteiger partial charge in [0, 0.05) is 29.6 Å². The molecule has 2 rings (SSSR count). The van der Waals surface area contributed by atoms with E-state index in [-0.39, 0.29) is 5.82 Å². The second-order valence-electron chi connectivity index (χ2n) is 5.39. The highest BCUT2D eigenvalue weighted by Gasteiger charge is 2.13. The van der Waals surface area contributed by atoms with Crippen LogP contribution in [0, 0.1) is 12.7 Å². The zero-order chi connectivity index (χ0) is 17.7. The number of nitrogens with zero attached hydrogens (tertiary/aromatic N) is 1. The van der Waals surface area contributed by atoms with E-state index in [0.717, 1.165) is 28.1 Å². The van der Waals surface area contributed by atoms with E-state index >= 15 is 0 Å². The van der Waals surface area contributed by atoms with Crippen LogP contribution in [0.5, 0.6) is 5.75 Å². The highest BCUT2D eigenvalue weighted by molar-refractivity contribution is 5.83. The predicted molar refractivity (Wildman–Crippen MR) is 96.2 cm³/mol. The summed E-state index contributed by atoms with van der Waals surface area (Å²) in [6, 6.07) is 6.35. The summed E-state index contributed by atoms with van der Waals surface area (Å²) in [7, 11) is 1.56. The summed E-state index contributed by atoms with van der Waals surface area (Å²) < 4.78 is 18.8. The summed E-state index contributed by atoms with van der Waals surface area (Å²) >= 11 is 0. The van der Waals surface area contributed by atoms with Crippen LogP contribution in [-0.2, 0) is 6.54 Å². The lowest BCUT2D eigenvalue weighted by atomic mass is 10.0. The first-order valence-electron chi connectivity index (χ1n) is 7.61. The zero-order valence-corrected chi connectivity index (χ0v) is 14.2. The number of ether oxygens (including phenoxy) is 1. The van der Waals surface area contributed by atoms with E-state index < -0.39 is 0 Å². The van der Waals surface area contributed by atoms with Crippen molar-refractivity contribution < 1.29 is 9.13 Å². The van der Waals surface area contributed by atoms with Crippen molar-refractivity contribution in [2.45, 2.75) is 20.4 Å². The first kappa shape index (κ1) is 17.5. The van der Waals surface area contributed by atoms with E-state index in [4.69, 9.17) is 10.5 Å². The maximum atomic E-state index is 13.5. The van der Waals surface area contributed by atoms with Crippen molar-refractivity contribution in [3.8, 4) is 5.75 Å². The van der Waals surface area contributed by atoms with Gasteiger partial charge in [0.2, 0.25) is 0 Å². The Morgan fingerprint density at radius 2 is 2.17 bits per heavy atom. The highest BCUT2D eigenvalue weighted by atomic mass is 19.1. The number of pyridine rings is 1. The summed E-state index contributed by atoms with van der Waals surface area (Å²) in [4.78, 5) is 4.43. The molecule has 0 fully saturated rings. The molecule has 0 atom stereocenters. The Labute approximate surface area is 141 Å². The minimum Gasteiger partial charge on any atom is -0.496 e. The number of nitrogens with one attached hydrogen (secondary N) is 1. The van der Waals surface area contributed by atoms with Crippen molar-refractivity contribution in [3.63, 3.8) is 0 Å². The molecule has 3 N–H and O–H groups in total. The molecule has 0 aliphatic rings. The SMILES string of the molecule is C=C(N)C(=CC)c1nccc(C)c1NCc1cc(F)ccc1OC. The molecule has 0 spiro atoms. The van der Waals surface area contributed by atoms with Crippen molar-refractivity contribution in [3.05, 3.63) is 71.5 Å².